The van der Waals surface area contributed by atoms with Gasteiger partial charge in [-0.1, -0.05) is 0 Å². The van der Waals surface area contributed by atoms with E-state index in [1.54, 1.807) is 0 Å². The van der Waals surface area contributed by atoms with Gasteiger partial charge in [-0.15, -0.1) is 0 Å². The molecule has 0 saturated carbocycles. The minimum absolute atomic E-state index is 0.250. The standard InChI is InChI=1S/CH6N2.I2/c2-1-3;1-2/h1-3H2;. The van der Waals surface area contributed by atoms with E-state index in [2.05, 4.69) is 48.7 Å². The van der Waals surface area contributed by atoms with Crippen molar-refractivity contribution in [2.45, 2.75) is 0 Å². The van der Waals surface area contributed by atoms with E-state index < -0.39 is 0 Å². The molecule has 34 valence electrons. The van der Waals surface area contributed by atoms with E-state index in [0.29, 0.717) is 0 Å². The predicted octanol–water partition coefficient (Wildman–Crippen LogP) is 0.633. The molecule has 0 heterocycles. The molecule has 0 fully saturated rings. The monoisotopic (exact) mass is 300 g/mol. The van der Waals surface area contributed by atoms with Gasteiger partial charge in [0, 0.05) is 43.9 Å². The van der Waals surface area contributed by atoms with Crippen molar-refractivity contribution in [3.8, 4) is 0 Å². The average molecular weight is 300 g/mol. The Morgan fingerprint density at radius 3 is 1.20 bits per heavy atom. The number of nitrogens with two attached hydrogens (primary N) is 2. The summed E-state index contributed by atoms with van der Waals surface area (Å²) in [6.45, 7) is 0.250. The summed E-state index contributed by atoms with van der Waals surface area (Å²) in [4.78, 5) is 0. The SMILES string of the molecule is II.NCN. The summed E-state index contributed by atoms with van der Waals surface area (Å²) in [5.74, 6) is 0. The van der Waals surface area contributed by atoms with Gasteiger partial charge < -0.3 is 11.5 Å². The Hall–Kier alpha value is 1.38. The molecule has 0 saturated heterocycles. The molecule has 0 bridgehead atoms. The quantitative estimate of drug-likeness (QED) is 0.509. The largest absolute Gasteiger partial charge is 0.319 e. The van der Waals surface area contributed by atoms with Gasteiger partial charge in [-0.25, -0.2) is 0 Å². The Morgan fingerprint density at radius 2 is 1.20 bits per heavy atom. The molecule has 0 radical (unpaired) electrons. The molecule has 4 heteroatoms. The maximum absolute atomic E-state index is 4.62. The van der Waals surface area contributed by atoms with Gasteiger partial charge in [0.1, 0.15) is 0 Å². The average Bonchev–Trinajstić information content (AvgIpc) is 1.46. The van der Waals surface area contributed by atoms with E-state index in [9.17, 15) is 0 Å². The van der Waals surface area contributed by atoms with E-state index in [-0.39, 0.29) is 6.67 Å². The van der Waals surface area contributed by atoms with Gasteiger partial charge in [-0.05, 0) is 0 Å². The van der Waals surface area contributed by atoms with Gasteiger partial charge in [-0.3, -0.25) is 0 Å². The molecule has 0 aliphatic rings. The van der Waals surface area contributed by atoms with Crippen molar-refractivity contribution in [2.75, 3.05) is 6.67 Å². The van der Waals surface area contributed by atoms with Gasteiger partial charge in [0.15, 0.2) is 0 Å². The second kappa shape index (κ2) is 18.2. The molecule has 0 aromatic rings. The molecule has 0 amide bonds. The molecule has 0 aliphatic carbocycles. The fraction of sp³-hybridized carbons (Fsp3) is 1.00. The van der Waals surface area contributed by atoms with Crippen molar-refractivity contribution in [3.05, 3.63) is 0 Å². The van der Waals surface area contributed by atoms with Crippen molar-refractivity contribution < 1.29 is 0 Å². The lowest BCUT2D eigenvalue weighted by Gasteiger charge is -1.56. The molecule has 2 nitrogen and oxygen atoms in total. The molecule has 5 heavy (non-hydrogen) atoms. The maximum atomic E-state index is 4.62. The van der Waals surface area contributed by atoms with E-state index in [4.69, 9.17) is 0 Å². The molecule has 0 aliphatic heterocycles. The topological polar surface area (TPSA) is 52.0 Å². The van der Waals surface area contributed by atoms with E-state index in [0.717, 1.165) is 0 Å². The summed E-state index contributed by atoms with van der Waals surface area (Å²) >= 11 is 4.24. The molecular weight excluding hydrogens is 294 g/mol. The second-order valence-electron chi connectivity index (χ2n) is 0.236. The van der Waals surface area contributed by atoms with E-state index >= 15 is 0 Å². The molecule has 0 rings (SSSR count). The number of halogens is 2. The molecule has 4 N–H and O–H groups in total. The molecular formula is CH6I2N2. The van der Waals surface area contributed by atoms with Crippen LogP contribution in [-0.2, 0) is 0 Å². The summed E-state index contributed by atoms with van der Waals surface area (Å²) < 4.78 is 0. The smallest absolute Gasteiger partial charge is 0.0403 e. The first kappa shape index (κ1) is 9.63. The Kier molecular flexibility index (Phi) is 35.1. The highest BCUT2D eigenvalue weighted by Crippen LogP contribution is 1.89. The highest BCUT2D eigenvalue weighted by Gasteiger charge is 1.29. The van der Waals surface area contributed by atoms with Crippen LogP contribution < -0.4 is 11.5 Å². The van der Waals surface area contributed by atoms with Crippen LogP contribution >= 0.6 is 37.2 Å². The number of hydrogen-bond donors (Lipinski definition) is 2. The van der Waals surface area contributed by atoms with Crippen LogP contribution in [0.3, 0.4) is 0 Å². The lowest BCUT2D eigenvalue weighted by atomic mass is 11.3. The zero-order chi connectivity index (χ0) is 4.71. The third-order valence-corrected chi connectivity index (χ3v) is 0. The first-order chi connectivity index (χ1) is 2.41. The number of rotatable bonds is 0. The lowest BCUT2D eigenvalue weighted by Crippen LogP contribution is -2.08. The second-order valence-corrected chi connectivity index (χ2v) is 0.236. The first-order valence-electron chi connectivity index (χ1n) is 0.959. The Morgan fingerprint density at radius 1 is 1.20 bits per heavy atom. The minimum Gasteiger partial charge on any atom is -0.319 e. The van der Waals surface area contributed by atoms with E-state index in [1.165, 1.54) is 0 Å². The minimum atomic E-state index is 0.250. The molecule has 0 aromatic carbocycles. The van der Waals surface area contributed by atoms with Crippen molar-refractivity contribution in [2.24, 2.45) is 11.5 Å². The summed E-state index contributed by atoms with van der Waals surface area (Å²) in [7, 11) is 0. The third-order valence-electron chi connectivity index (χ3n) is 0. The van der Waals surface area contributed by atoms with Crippen LogP contribution in [0.5, 0.6) is 0 Å². The molecule has 0 aromatic heterocycles. The van der Waals surface area contributed by atoms with Crippen LogP contribution in [0.15, 0.2) is 0 Å². The normalized spacial score (nSPS) is 4.80. The van der Waals surface area contributed by atoms with Gasteiger partial charge in [0.25, 0.3) is 0 Å². The Bertz CT molecular complexity index is 7.61. The van der Waals surface area contributed by atoms with Gasteiger partial charge in [-0.2, -0.15) is 0 Å². The lowest BCUT2D eigenvalue weighted by molar-refractivity contribution is 1.07. The third kappa shape index (κ3) is 32.3. The van der Waals surface area contributed by atoms with Crippen LogP contribution in [0.4, 0.5) is 0 Å². The zero-order valence-electron chi connectivity index (χ0n) is 2.62. The number of hydrogen-bond acceptors (Lipinski definition) is 2. The van der Waals surface area contributed by atoms with Crippen LogP contribution in [0.2, 0.25) is 0 Å². The van der Waals surface area contributed by atoms with Gasteiger partial charge in [0.05, 0.1) is 0 Å². The van der Waals surface area contributed by atoms with Crippen molar-refractivity contribution in [1.82, 2.24) is 0 Å². The van der Waals surface area contributed by atoms with Crippen LogP contribution in [0.25, 0.3) is 0 Å². The summed E-state index contributed by atoms with van der Waals surface area (Å²) in [5.41, 5.74) is 9.25. The Balaban J connectivity index is 0. The van der Waals surface area contributed by atoms with Crippen LogP contribution in [0.1, 0.15) is 0 Å². The van der Waals surface area contributed by atoms with Crippen molar-refractivity contribution in [3.63, 3.8) is 0 Å². The van der Waals surface area contributed by atoms with Crippen molar-refractivity contribution in [1.29, 1.82) is 0 Å². The summed E-state index contributed by atoms with van der Waals surface area (Å²) in [5, 5.41) is 0. The van der Waals surface area contributed by atoms with Crippen molar-refractivity contribution >= 4 is 37.2 Å². The van der Waals surface area contributed by atoms with Crippen LogP contribution in [0, 0.1) is 0 Å². The van der Waals surface area contributed by atoms with E-state index in [1.807, 2.05) is 0 Å². The predicted molar refractivity (Wildman–Crippen MR) is 41.3 cm³/mol. The molecule has 0 atom stereocenters. The van der Waals surface area contributed by atoms with Crippen LogP contribution in [-0.4, -0.2) is 6.67 Å². The van der Waals surface area contributed by atoms with Gasteiger partial charge in [0.2, 0.25) is 0 Å². The summed E-state index contributed by atoms with van der Waals surface area (Å²) in [6, 6.07) is 0. The fourth-order valence-electron chi connectivity index (χ4n) is 0. The Labute approximate surface area is 55.0 Å². The first-order valence-corrected chi connectivity index (χ1v) is 7.25. The maximum Gasteiger partial charge on any atom is 0.0403 e. The fourth-order valence-corrected chi connectivity index (χ4v) is 0. The molecule has 0 spiro atoms. The highest BCUT2D eigenvalue weighted by molar-refractivity contribution is 15.0. The van der Waals surface area contributed by atoms with Gasteiger partial charge >= 0.3 is 0 Å². The summed E-state index contributed by atoms with van der Waals surface area (Å²) in [6.07, 6.45) is 0. The highest BCUT2D eigenvalue weighted by atomic mass is 128. The zero-order valence-corrected chi connectivity index (χ0v) is 6.93. The molecule has 0 unspecified atom stereocenters.